The molecule has 0 saturated carbocycles. The van der Waals surface area contributed by atoms with Crippen LogP contribution in [0.15, 0.2) is 91.0 Å². The summed E-state index contributed by atoms with van der Waals surface area (Å²) in [7, 11) is 0. The molecule has 0 saturated heterocycles. The molecule has 162 valence electrons. The number of benzene rings is 3. The number of nitrogens with one attached hydrogen (secondary N) is 1. The Bertz CT molecular complexity index is 1430. The zero-order valence-electron chi connectivity index (χ0n) is 18.2. The first-order chi connectivity index (χ1) is 16.1. The Hall–Kier alpha value is -3.96. The third-order valence-electron chi connectivity index (χ3n) is 5.63. The smallest absolute Gasteiger partial charge is 0.263 e. The number of thiophene rings is 1. The number of hydrogen-bond acceptors (Lipinski definition) is 4. The lowest BCUT2D eigenvalue weighted by molar-refractivity contribution is 0.0956. The third-order valence-corrected chi connectivity index (χ3v) is 6.73. The highest BCUT2D eigenvalue weighted by Gasteiger charge is 2.21. The average molecular weight is 450 g/mol. The van der Waals surface area contributed by atoms with Crippen LogP contribution in [0.1, 0.15) is 20.8 Å². The average Bonchev–Trinajstić information content (AvgIpc) is 3.20. The molecule has 1 amide bonds. The van der Waals surface area contributed by atoms with Crippen molar-refractivity contribution < 1.29 is 4.79 Å². The minimum Gasteiger partial charge on any atom is -0.397 e. The van der Waals surface area contributed by atoms with Crippen molar-refractivity contribution in [3.63, 3.8) is 0 Å². The maximum atomic E-state index is 13.1. The second-order valence-electron chi connectivity index (χ2n) is 7.98. The van der Waals surface area contributed by atoms with Gasteiger partial charge >= 0.3 is 0 Å². The summed E-state index contributed by atoms with van der Waals surface area (Å²) in [5.41, 5.74) is 13.2. The van der Waals surface area contributed by atoms with Crippen LogP contribution >= 0.6 is 11.3 Å². The number of aromatic nitrogens is 1. The Morgan fingerprint density at radius 1 is 0.909 bits per heavy atom. The van der Waals surface area contributed by atoms with E-state index in [0.717, 1.165) is 38.2 Å². The summed E-state index contributed by atoms with van der Waals surface area (Å²) < 4.78 is 0. The minimum atomic E-state index is -0.184. The number of anilines is 1. The lowest BCUT2D eigenvalue weighted by atomic mass is 9.99. The molecule has 2 aromatic heterocycles. The van der Waals surface area contributed by atoms with E-state index in [1.165, 1.54) is 16.9 Å². The number of hydrogen-bond donors (Lipinski definition) is 2. The molecule has 0 aliphatic rings. The number of aryl methyl sites for hydroxylation is 1. The molecule has 5 aromatic rings. The normalized spacial score (nSPS) is 10.9. The highest BCUT2D eigenvalue weighted by atomic mass is 32.1. The molecule has 2 heterocycles. The predicted octanol–water partition coefficient (Wildman–Crippen LogP) is 6.45. The summed E-state index contributed by atoms with van der Waals surface area (Å²) >= 11 is 1.34. The van der Waals surface area contributed by atoms with Crippen molar-refractivity contribution in [3.8, 4) is 22.4 Å². The first-order valence-corrected chi connectivity index (χ1v) is 11.6. The molecule has 0 unspecified atom stereocenters. The fourth-order valence-corrected chi connectivity index (χ4v) is 4.90. The molecule has 3 N–H and O–H groups in total. The molecule has 0 fully saturated rings. The maximum Gasteiger partial charge on any atom is 0.263 e. The zero-order chi connectivity index (χ0) is 22.8. The van der Waals surface area contributed by atoms with Crippen LogP contribution in [0.25, 0.3) is 32.6 Å². The lowest BCUT2D eigenvalue weighted by Crippen LogP contribution is -2.22. The van der Waals surface area contributed by atoms with Crippen molar-refractivity contribution in [2.24, 2.45) is 0 Å². The van der Waals surface area contributed by atoms with E-state index in [1.54, 1.807) is 0 Å². The predicted molar refractivity (Wildman–Crippen MR) is 137 cm³/mol. The minimum absolute atomic E-state index is 0.184. The molecule has 0 atom stereocenters. The number of nitrogens with zero attached hydrogens (tertiary/aromatic N) is 1. The van der Waals surface area contributed by atoms with Crippen LogP contribution in [0.5, 0.6) is 0 Å². The Balaban J connectivity index is 1.58. The van der Waals surface area contributed by atoms with Gasteiger partial charge in [0.05, 0.1) is 11.4 Å². The van der Waals surface area contributed by atoms with Gasteiger partial charge < -0.3 is 11.1 Å². The van der Waals surface area contributed by atoms with Gasteiger partial charge in [-0.2, -0.15) is 0 Å². The fraction of sp³-hybridized carbons (Fsp3) is 0.0714. The Morgan fingerprint density at radius 3 is 2.21 bits per heavy atom. The summed E-state index contributed by atoms with van der Waals surface area (Å²) in [6.45, 7) is 2.49. The largest absolute Gasteiger partial charge is 0.397 e. The molecule has 0 radical (unpaired) electrons. The first kappa shape index (κ1) is 20.9. The van der Waals surface area contributed by atoms with E-state index < -0.39 is 0 Å². The van der Waals surface area contributed by atoms with E-state index in [0.29, 0.717) is 17.1 Å². The second-order valence-corrected chi connectivity index (χ2v) is 8.98. The van der Waals surface area contributed by atoms with E-state index in [2.05, 4.69) is 23.5 Å². The van der Waals surface area contributed by atoms with Gasteiger partial charge in [-0.25, -0.2) is 4.98 Å². The van der Waals surface area contributed by atoms with E-state index in [4.69, 9.17) is 10.7 Å². The number of nitrogens with two attached hydrogens (primary N) is 1. The zero-order valence-corrected chi connectivity index (χ0v) is 19.0. The van der Waals surface area contributed by atoms with E-state index in [9.17, 15) is 4.79 Å². The highest BCUT2D eigenvalue weighted by molar-refractivity contribution is 7.21. The summed E-state index contributed by atoms with van der Waals surface area (Å²) in [5, 5.41) is 3.83. The van der Waals surface area contributed by atoms with Gasteiger partial charge in [0.2, 0.25) is 0 Å². The molecule has 5 rings (SSSR count). The quantitative estimate of drug-likeness (QED) is 0.324. The van der Waals surface area contributed by atoms with Crippen molar-refractivity contribution in [3.05, 3.63) is 107 Å². The van der Waals surface area contributed by atoms with Gasteiger partial charge in [-0.1, -0.05) is 90.5 Å². The van der Waals surface area contributed by atoms with Crippen molar-refractivity contribution in [1.29, 1.82) is 0 Å². The van der Waals surface area contributed by atoms with Crippen LogP contribution in [0.2, 0.25) is 0 Å². The van der Waals surface area contributed by atoms with Gasteiger partial charge in [-0.05, 0) is 29.7 Å². The van der Waals surface area contributed by atoms with Crippen LogP contribution in [-0.4, -0.2) is 10.9 Å². The van der Waals surface area contributed by atoms with Crippen LogP contribution in [-0.2, 0) is 6.54 Å². The molecule has 0 aliphatic carbocycles. The van der Waals surface area contributed by atoms with Crippen LogP contribution in [0.3, 0.4) is 0 Å². The number of rotatable bonds is 5. The van der Waals surface area contributed by atoms with Crippen LogP contribution < -0.4 is 11.1 Å². The van der Waals surface area contributed by atoms with Gasteiger partial charge in [-0.15, -0.1) is 11.3 Å². The van der Waals surface area contributed by atoms with Crippen molar-refractivity contribution in [2.45, 2.75) is 13.5 Å². The van der Waals surface area contributed by atoms with Gasteiger partial charge in [-0.3, -0.25) is 4.79 Å². The molecular weight excluding hydrogens is 426 g/mol. The molecule has 5 heteroatoms. The molecular formula is C28H23N3OS. The van der Waals surface area contributed by atoms with Crippen LogP contribution in [0.4, 0.5) is 5.69 Å². The summed E-state index contributed by atoms with van der Waals surface area (Å²) in [4.78, 5) is 19.2. The standard InChI is InChI=1S/C28H23N3OS/c1-18-12-14-19(15-13-18)17-30-27(32)26-25(29)24-22(20-8-4-2-5-9-20)16-23(31-28(24)33-26)21-10-6-3-7-11-21/h2-16H,17,29H2,1H3,(H,30,32). The molecule has 4 nitrogen and oxygen atoms in total. The van der Waals surface area contributed by atoms with Crippen molar-refractivity contribution >= 4 is 33.1 Å². The van der Waals surface area contributed by atoms with E-state index in [1.807, 2.05) is 79.7 Å². The number of amides is 1. The summed E-state index contributed by atoms with van der Waals surface area (Å²) in [6.07, 6.45) is 0. The third kappa shape index (κ3) is 4.23. The summed E-state index contributed by atoms with van der Waals surface area (Å²) in [5.74, 6) is -0.184. The Labute approximate surface area is 196 Å². The van der Waals surface area contributed by atoms with Gasteiger partial charge in [0.15, 0.2) is 0 Å². The lowest BCUT2D eigenvalue weighted by Gasteiger charge is -2.09. The summed E-state index contributed by atoms with van der Waals surface area (Å²) in [6, 6.07) is 30.3. The molecule has 3 aromatic carbocycles. The van der Waals surface area contributed by atoms with Gasteiger partial charge in [0.25, 0.3) is 5.91 Å². The Morgan fingerprint density at radius 2 is 1.55 bits per heavy atom. The van der Waals surface area contributed by atoms with E-state index >= 15 is 0 Å². The molecule has 33 heavy (non-hydrogen) atoms. The molecule has 0 aliphatic heterocycles. The van der Waals surface area contributed by atoms with Gasteiger partial charge in [0, 0.05) is 17.5 Å². The molecule has 0 spiro atoms. The van der Waals surface area contributed by atoms with E-state index in [-0.39, 0.29) is 5.91 Å². The van der Waals surface area contributed by atoms with Crippen LogP contribution in [0, 0.1) is 6.92 Å². The number of carbonyl (C=O) groups is 1. The topological polar surface area (TPSA) is 68.0 Å². The number of carbonyl (C=O) groups excluding carboxylic acids is 1. The maximum absolute atomic E-state index is 13.1. The monoisotopic (exact) mass is 449 g/mol. The highest BCUT2D eigenvalue weighted by Crippen LogP contribution is 2.41. The second kappa shape index (κ2) is 8.88. The first-order valence-electron chi connectivity index (χ1n) is 10.8. The SMILES string of the molecule is Cc1ccc(CNC(=O)c2sc3nc(-c4ccccc4)cc(-c4ccccc4)c3c2N)cc1. The Kier molecular flexibility index (Phi) is 5.63. The number of fused-ring (bicyclic) bond motifs is 1. The number of pyridine rings is 1. The fourth-order valence-electron chi connectivity index (χ4n) is 3.86. The molecule has 0 bridgehead atoms. The van der Waals surface area contributed by atoms with Gasteiger partial charge in [0.1, 0.15) is 9.71 Å². The van der Waals surface area contributed by atoms with Crippen molar-refractivity contribution in [1.82, 2.24) is 10.3 Å². The number of nitrogen functional groups attached to an aromatic ring is 1. The van der Waals surface area contributed by atoms with Crippen molar-refractivity contribution in [2.75, 3.05) is 5.73 Å².